The fraction of sp³-hybridized carbons (Fsp3) is 0.385. The molecule has 0 bridgehead atoms. The lowest BCUT2D eigenvalue weighted by atomic mass is 10.3. The highest BCUT2D eigenvalue weighted by Crippen LogP contribution is 2.31. The topological polar surface area (TPSA) is 50.3 Å². The van der Waals surface area contributed by atoms with Crippen molar-refractivity contribution < 1.29 is 4.74 Å². The molecule has 2 rings (SSSR count). The molecule has 0 aromatic carbocycles. The van der Waals surface area contributed by atoms with Gasteiger partial charge in [0.1, 0.15) is 0 Å². The molecule has 19 heavy (non-hydrogen) atoms. The van der Waals surface area contributed by atoms with E-state index in [-0.39, 0.29) is 0 Å². The third-order valence-corrected chi connectivity index (χ3v) is 3.88. The molecule has 102 valence electrons. The molecular weight excluding hydrogens is 260 g/mol. The van der Waals surface area contributed by atoms with E-state index < -0.39 is 0 Å². The van der Waals surface area contributed by atoms with Crippen LogP contribution in [0.25, 0.3) is 0 Å². The van der Waals surface area contributed by atoms with Gasteiger partial charge in [-0.2, -0.15) is 4.98 Å². The van der Waals surface area contributed by atoms with Gasteiger partial charge in [0.05, 0.1) is 29.9 Å². The summed E-state index contributed by atoms with van der Waals surface area (Å²) in [5.74, 6) is 0.683. The van der Waals surface area contributed by atoms with Gasteiger partial charge in [0.15, 0.2) is 5.13 Å². The minimum absolute atomic E-state index is 0.682. The van der Waals surface area contributed by atoms with Gasteiger partial charge in [0.25, 0.3) is 0 Å². The molecule has 0 aliphatic heterocycles. The van der Waals surface area contributed by atoms with E-state index in [1.165, 1.54) is 0 Å². The first-order valence-electron chi connectivity index (χ1n) is 5.98. The second-order valence-corrected chi connectivity index (χ2v) is 5.38. The third-order valence-electron chi connectivity index (χ3n) is 2.67. The second kappa shape index (κ2) is 5.88. The lowest BCUT2D eigenvalue weighted by Gasteiger charge is -2.07. The molecule has 2 heterocycles. The Hall–Kier alpha value is -1.82. The zero-order chi connectivity index (χ0) is 13.8. The molecule has 2 aromatic rings. The van der Waals surface area contributed by atoms with Crippen molar-refractivity contribution >= 4 is 22.2 Å². The van der Waals surface area contributed by atoms with Crippen LogP contribution in [0.2, 0.25) is 0 Å². The molecule has 1 N–H and O–H groups in total. The van der Waals surface area contributed by atoms with Gasteiger partial charge in [-0.1, -0.05) is 11.3 Å². The average molecular weight is 278 g/mol. The minimum atomic E-state index is 0.682. The number of thiazole rings is 1. The number of pyridine rings is 1. The van der Waals surface area contributed by atoms with Crippen molar-refractivity contribution in [1.82, 2.24) is 9.97 Å². The van der Waals surface area contributed by atoms with Crippen LogP contribution in [0.3, 0.4) is 0 Å². The van der Waals surface area contributed by atoms with Gasteiger partial charge < -0.3 is 15.0 Å². The van der Waals surface area contributed by atoms with Crippen LogP contribution in [0, 0.1) is 6.92 Å². The normalized spacial score (nSPS) is 10.3. The molecule has 6 heteroatoms. The fourth-order valence-corrected chi connectivity index (χ4v) is 2.53. The summed E-state index contributed by atoms with van der Waals surface area (Å²) in [5, 5.41) is 4.31. The van der Waals surface area contributed by atoms with Crippen molar-refractivity contribution in [3.63, 3.8) is 0 Å². The molecule has 0 spiro atoms. The SMILES string of the molecule is COc1nc(N(C)C)sc1CNc1cccnc1C. The van der Waals surface area contributed by atoms with Crippen molar-refractivity contribution in [2.45, 2.75) is 13.5 Å². The zero-order valence-electron chi connectivity index (χ0n) is 11.6. The van der Waals surface area contributed by atoms with Crippen LogP contribution in [0.5, 0.6) is 5.88 Å². The quantitative estimate of drug-likeness (QED) is 0.911. The Kier molecular flexibility index (Phi) is 4.21. The Labute approximate surface area is 117 Å². The maximum Gasteiger partial charge on any atom is 0.231 e. The fourth-order valence-electron chi connectivity index (χ4n) is 1.63. The van der Waals surface area contributed by atoms with Crippen molar-refractivity contribution in [1.29, 1.82) is 0 Å². The van der Waals surface area contributed by atoms with Crippen LogP contribution in [-0.2, 0) is 6.54 Å². The summed E-state index contributed by atoms with van der Waals surface area (Å²) in [4.78, 5) is 11.7. The molecule has 0 radical (unpaired) electrons. The number of ether oxygens (including phenoxy) is 1. The summed E-state index contributed by atoms with van der Waals surface area (Å²) >= 11 is 1.62. The summed E-state index contributed by atoms with van der Waals surface area (Å²) in [6, 6.07) is 3.94. The monoisotopic (exact) mass is 278 g/mol. The molecule has 0 aliphatic carbocycles. The van der Waals surface area contributed by atoms with Crippen molar-refractivity contribution in [2.75, 3.05) is 31.4 Å². The number of aryl methyl sites for hydroxylation is 1. The highest BCUT2D eigenvalue weighted by molar-refractivity contribution is 7.15. The third kappa shape index (κ3) is 3.14. The Balaban J connectivity index is 2.13. The van der Waals surface area contributed by atoms with Crippen molar-refractivity contribution in [2.24, 2.45) is 0 Å². The first kappa shape index (κ1) is 13.6. The predicted molar refractivity (Wildman–Crippen MR) is 79.3 cm³/mol. The number of nitrogens with one attached hydrogen (secondary N) is 1. The molecule has 0 fully saturated rings. The van der Waals surface area contributed by atoms with Gasteiger partial charge in [0, 0.05) is 20.3 Å². The molecule has 0 saturated carbocycles. The Bertz CT molecular complexity index is 553. The number of anilines is 2. The second-order valence-electron chi connectivity index (χ2n) is 4.31. The van der Waals surface area contributed by atoms with Crippen LogP contribution >= 0.6 is 11.3 Å². The average Bonchev–Trinajstić information content (AvgIpc) is 2.81. The van der Waals surface area contributed by atoms with E-state index in [4.69, 9.17) is 4.74 Å². The zero-order valence-corrected chi connectivity index (χ0v) is 12.4. The van der Waals surface area contributed by atoms with Gasteiger partial charge >= 0.3 is 0 Å². The van der Waals surface area contributed by atoms with Crippen LogP contribution in [-0.4, -0.2) is 31.2 Å². The summed E-state index contributed by atoms with van der Waals surface area (Å²) in [6.07, 6.45) is 1.79. The number of nitrogens with zero attached hydrogens (tertiary/aromatic N) is 3. The summed E-state index contributed by atoms with van der Waals surface area (Å²) in [6.45, 7) is 2.67. The van der Waals surface area contributed by atoms with E-state index in [0.29, 0.717) is 12.4 Å². The van der Waals surface area contributed by atoms with Crippen molar-refractivity contribution in [3.05, 3.63) is 28.9 Å². The van der Waals surface area contributed by atoms with Gasteiger partial charge in [-0.25, -0.2) is 0 Å². The van der Waals surface area contributed by atoms with Gasteiger partial charge in [-0.3, -0.25) is 4.98 Å². The minimum Gasteiger partial charge on any atom is -0.480 e. The lowest BCUT2D eigenvalue weighted by Crippen LogP contribution is -2.07. The number of methoxy groups -OCH3 is 1. The number of hydrogen-bond acceptors (Lipinski definition) is 6. The molecule has 0 atom stereocenters. The smallest absolute Gasteiger partial charge is 0.231 e. The molecule has 2 aromatic heterocycles. The highest BCUT2D eigenvalue weighted by atomic mass is 32.1. The summed E-state index contributed by atoms with van der Waals surface area (Å²) in [5.41, 5.74) is 2.02. The largest absolute Gasteiger partial charge is 0.480 e. The van der Waals surface area contributed by atoms with E-state index in [9.17, 15) is 0 Å². The molecule has 5 nitrogen and oxygen atoms in total. The van der Waals surface area contributed by atoms with Crippen LogP contribution in [0.1, 0.15) is 10.6 Å². The first-order chi connectivity index (χ1) is 9.11. The van der Waals surface area contributed by atoms with E-state index in [1.807, 2.05) is 38.1 Å². The van der Waals surface area contributed by atoms with E-state index in [0.717, 1.165) is 21.4 Å². The van der Waals surface area contributed by atoms with Crippen LogP contribution in [0.4, 0.5) is 10.8 Å². The standard InChI is InChI=1S/C13H18N4OS/c1-9-10(6-5-7-14-9)15-8-11-12(18-4)16-13(19-11)17(2)3/h5-7,15H,8H2,1-4H3. The molecule has 0 aliphatic rings. The lowest BCUT2D eigenvalue weighted by molar-refractivity contribution is 0.397. The first-order valence-corrected chi connectivity index (χ1v) is 6.80. The number of rotatable bonds is 5. The molecule has 0 unspecified atom stereocenters. The highest BCUT2D eigenvalue weighted by Gasteiger charge is 2.13. The van der Waals surface area contributed by atoms with Crippen LogP contribution in [0.15, 0.2) is 18.3 Å². The number of hydrogen-bond donors (Lipinski definition) is 1. The van der Waals surface area contributed by atoms with E-state index in [1.54, 1.807) is 24.6 Å². The van der Waals surface area contributed by atoms with Crippen molar-refractivity contribution in [3.8, 4) is 5.88 Å². The van der Waals surface area contributed by atoms with Gasteiger partial charge in [0.2, 0.25) is 5.88 Å². The maximum atomic E-state index is 5.31. The van der Waals surface area contributed by atoms with Gasteiger partial charge in [-0.15, -0.1) is 0 Å². The number of aromatic nitrogens is 2. The Morgan fingerprint density at radius 2 is 2.21 bits per heavy atom. The van der Waals surface area contributed by atoms with E-state index in [2.05, 4.69) is 15.3 Å². The summed E-state index contributed by atoms with van der Waals surface area (Å²) in [7, 11) is 5.59. The maximum absolute atomic E-state index is 5.31. The summed E-state index contributed by atoms with van der Waals surface area (Å²) < 4.78 is 5.31. The Morgan fingerprint density at radius 3 is 2.84 bits per heavy atom. The molecule has 0 amide bonds. The Morgan fingerprint density at radius 1 is 1.42 bits per heavy atom. The molecular formula is C13H18N4OS. The van der Waals surface area contributed by atoms with Gasteiger partial charge in [-0.05, 0) is 19.1 Å². The van der Waals surface area contributed by atoms with Crippen LogP contribution < -0.4 is 15.0 Å². The van der Waals surface area contributed by atoms with E-state index >= 15 is 0 Å². The predicted octanol–water partition coefficient (Wildman–Crippen LogP) is 2.53. The molecule has 0 saturated heterocycles.